The van der Waals surface area contributed by atoms with Crippen LogP contribution >= 0.6 is 0 Å². The molecule has 34 heavy (non-hydrogen) atoms. The summed E-state index contributed by atoms with van der Waals surface area (Å²) in [4.78, 5) is 16.5. The van der Waals surface area contributed by atoms with Crippen LogP contribution in [0.4, 0.5) is 0 Å². The smallest absolute Gasteiger partial charge is 0.310 e. The predicted molar refractivity (Wildman–Crippen MR) is 137 cm³/mol. The molecule has 0 amide bonds. The fourth-order valence-corrected chi connectivity index (χ4v) is 3.92. The molecule has 0 spiro atoms. The van der Waals surface area contributed by atoms with Crippen molar-refractivity contribution in [1.82, 2.24) is 4.98 Å². The second-order valence-corrected chi connectivity index (χ2v) is 9.87. The summed E-state index contributed by atoms with van der Waals surface area (Å²) in [6, 6.07) is 15.6. The van der Waals surface area contributed by atoms with Crippen molar-refractivity contribution in [2.75, 3.05) is 0 Å². The van der Waals surface area contributed by atoms with Crippen LogP contribution in [0.15, 0.2) is 48.5 Å². The van der Waals surface area contributed by atoms with Crippen LogP contribution in [-0.4, -0.2) is 11.0 Å². The van der Waals surface area contributed by atoms with Gasteiger partial charge in [-0.15, -0.1) is 0 Å². The standard InChI is InChI=1S/C29H36N2O3/c1-7-27(32)34-23-14-12-22(13-15-23)33-18-25-20(3)31-26(16-29(4,5)6)24(17-30)28(25)21-10-8-19(2)9-11-21/h8-15H,7,16-18,30H2,1-6H3. The second-order valence-electron chi connectivity index (χ2n) is 9.87. The number of ether oxygens (including phenoxy) is 2. The molecule has 0 aliphatic carbocycles. The number of rotatable bonds is 8. The first-order chi connectivity index (χ1) is 16.1. The summed E-state index contributed by atoms with van der Waals surface area (Å²) in [7, 11) is 0. The molecule has 0 bridgehead atoms. The second kappa shape index (κ2) is 10.8. The molecule has 0 saturated carbocycles. The van der Waals surface area contributed by atoms with Crippen molar-refractivity contribution in [2.24, 2.45) is 11.1 Å². The molecule has 0 fully saturated rings. The van der Waals surface area contributed by atoms with E-state index in [9.17, 15) is 4.79 Å². The van der Waals surface area contributed by atoms with Gasteiger partial charge < -0.3 is 15.2 Å². The summed E-state index contributed by atoms with van der Waals surface area (Å²) in [6.45, 7) is 13.3. The molecule has 2 N–H and O–H groups in total. The Morgan fingerprint density at radius 3 is 2.12 bits per heavy atom. The summed E-state index contributed by atoms with van der Waals surface area (Å²) >= 11 is 0. The molecule has 1 aromatic heterocycles. The Balaban J connectivity index is 1.99. The quantitative estimate of drug-likeness (QED) is 0.315. The Bertz CT molecular complexity index is 1130. The highest BCUT2D eigenvalue weighted by molar-refractivity contribution is 5.73. The molecular formula is C29H36N2O3. The van der Waals surface area contributed by atoms with Crippen molar-refractivity contribution in [3.8, 4) is 22.6 Å². The minimum absolute atomic E-state index is 0.0922. The van der Waals surface area contributed by atoms with Gasteiger partial charge in [0.15, 0.2) is 0 Å². The Morgan fingerprint density at radius 2 is 1.56 bits per heavy atom. The van der Waals surface area contributed by atoms with E-state index in [0.717, 1.165) is 40.1 Å². The van der Waals surface area contributed by atoms with Crippen LogP contribution < -0.4 is 15.2 Å². The lowest BCUT2D eigenvalue weighted by Crippen LogP contribution is -2.18. The molecule has 2 aromatic carbocycles. The van der Waals surface area contributed by atoms with Gasteiger partial charge in [0.1, 0.15) is 18.1 Å². The normalized spacial score (nSPS) is 11.4. The van der Waals surface area contributed by atoms with Crippen LogP contribution in [0.3, 0.4) is 0 Å². The predicted octanol–water partition coefficient (Wildman–Crippen LogP) is 6.31. The van der Waals surface area contributed by atoms with E-state index >= 15 is 0 Å². The molecular weight excluding hydrogens is 424 g/mol. The van der Waals surface area contributed by atoms with Crippen molar-refractivity contribution in [3.05, 3.63) is 76.6 Å². The zero-order valence-electron chi connectivity index (χ0n) is 21.2. The van der Waals surface area contributed by atoms with E-state index in [1.54, 1.807) is 19.1 Å². The molecule has 5 heteroatoms. The third-order valence-electron chi connectivity index (χ3n) is 5.66. The highest BCUT2D eigenvalue weighted by atomic mass is 16.5. The Labute approximate surface area is 203 Å². The highest BCUT2D eigenvalue weighted by Crippen LogP contribution is 2.35. The SMILES string of the molecule is CCC(=O)Oc1ccc(OCc2c(C)nc(CC(C)(C)C)c(CN)c2-c2ccc(C)cc2)cc1. The van der Waals surface area contributed by atoms with E-state index in [0.29, 0.717) is 31.1 Å². The average Bonchev–Trinajstić information content (AvgIpc) is 2.78. The molecule has 1 heterocycles. The van der Waals surface area contributed by atoms with Crippen molar-refractivity contribution >= 4 is 5.97 Å². The Morgan fingerprint density at radius 1 is 0.941 bits per heavy atom. The van der Waals surface area contributed by atoms with Crippen LogP contribution in [0.2, 0.25) is 0 Å². The van der Waals surface area contributed by atoms with Gasteiger partial charge in [0.2, 0.25) is 0 Å². The number of hydrogen-bond acceptors (Lipinski definition) is 5. The minimum atomic E-state index is -0.261. The minimum Gasteiger partial charge on any atom is -0.489 e. The van der Waals surface area contributed by atoms with E-state index in [4.69, 9.17) is 20.2 Å². The lowest BCUT2D eigenvalue weighted by Gasteiger charge is -2.24. The zero-order valence-corrected chi connectivity index (χ0v) is 21.2. The van der Waals surface area contributed by atoms with Gasteiger partial charge in [-0.1, -0.05) is 57.5 Å². The Hall–Kier alpha value is -3.18. The summed E-state index contributed by atoms with van der Waals surface area (Å²) < 4.78 is 11.4. The first-order valence-corrected chi connectivity index (χ1v) is 11.8. The van der Waals surface area contributed by atoms with Crippen LogP contribution in [0.5, 0.6) is 11.5 Å². The first kappa shape index (κ1) is 25.4. The number of aryl methyl sites for hydroxylation is 2. The lowest BCUT2D eigenvalue weighted by atomic mass is 9.85. The maximum Gasteiger partial charge on any atom is 0.310 e. The van der Waals surface area contributed by atoms with Crippen LogP contribution in [0.25, 0.3) is 11.1 Å². The number of pyridine rings is 1. The maximum atomic E-state index is 11.5. The number of nitrogens with two attached hydrogens (primary N) is 1. The van der Waals surface area contributed by atoms with E-state index in [2.05, 4.69) is 52.0 Å². The average molecular weight is 461 g/mol. The van der Waals surface area contributed by atoms with Gasteiger partial charge in [-0.3, -0.25) is 9.78 Å². The van der Waals surface area contributed by atoms with Gasteiger partial charge in [0.05, 0.1) is 0 Å². The van der Waals surface area contributed by atoms with Gasteiger partial charge in [0.25, 0.3) is 0 Å². The molecule has 0 unspecified atom stereocenters. The van der Waals surface area contributed by atoms with E-state index < -0.39 is 0 Å². The molecule has 0 saturated heterocycles. The summed E-state index contributed by atoms with van der Waals surface area (Å²) in [6.07, 6.45) is 1.18. The fraction of sp³-hybridized carbons (Fsp3) is 0.379. The van der Waals surface area contributed by atoms with Gasteiger partial charge in [-0.05, 0) is 66.6 Å². The van der Waals surface area contributed by atoms with Gasteiger partial charge in [-0.25, -0.2) is 0 Å². The molecule has 180 valence electrons. The third kappa shape index (κ3) is 6.45. The first-order valence-electron chi connectivity index (χ1n) is 11.8. The number of hydrogen-bond donors (Lipinski definition) is 1. The fourth-order valence-electron chi connectivity index (χ4n) is 3.92. The zero-order chi connectivity index (χ0) is 24.9. The van der Waals surface area contributed by atoms with Crippen molar-refractivity contribution in [2.45, 2.75) is 67.5 Å². The largest absolute Gasteiger partial charge is 0.489 e. The van der Waals surface area contributed by atoms with Crippen LogP contribution in [-0.2, 0) is 24.4 Å². The van der Waals surface area contributed by atoms with Gasteiger partial charge in [-0.2, -0.15) is 0 Å². The number of carbonyl (C=O) groups is 1. The monoisotopic (exact) mass is 460 g/mol. The van der Waals surface area contributed by atoms with Crippen LogP contribution in [0.1, 0.15) is 62.2 Å². The summed E-state index contributed by atoms with van der Waals surface area (Å²) in [5, 5.41) is 0. The number of benzene rings is 2. The summed E-state index contributed by atoms with van der Waals surface area (Å²) in [5.74, 6) is 0.940. The van der Waals surface area contributed by atoms with E-state index in [1.165, 1.54) is 5.56 Å². The van der Waals surface area contributed by atoms with Crippen molar-refractivity contribution < 1.29 is 14.3 Å². The molecule has 0 atom stereocenters. The molecule has 0 aliphatic rings. The van der Waals surface area contributed by atoms with E-state index in [1.807, 2.05) is 19.1 Å². The van der Waals surface area contributed by atoms with Gasteiger partial charge >= 0.3 is 5.97 Å². The number of nitrogens with zero attached hydrogens (tertiary/aromatic N) is 1. The molecule has 0 aliphatic heterocycles. The third-order valence-corrected chi connectivity index (χ3v) is 5.66. The topological polar surface area (TPSA) is 74.4 Å². The molecule has 5 nitrogen and oxygen atoms in total. The van der Waals surface area contributed by atoms with Crippen molar-refractivity contribution in [3.63, 3.8) is 0 Å². The highest BCUT2D eigenvalue weighted by Gasteiger charge is 2.22. The number of esters is 1. The van der Waals surface area contributed by atoms with Gasteiger partial charge in [0, 0.05) is 29.9 Å². The Kier molecular flexibility index (Phi) is 8.11. The lowest BCUT2D eigenvalue weighted by molar-refractivity contribution is -0.134. The number of carbonyl (C=O) groups excluding carboxylic acids is 1. The molecule has 3 aromatic rings. The van der Waals surface area contributed by atoms with Crippen LogP contribution in [0, 0.1) is 19.3 Å². The molecule has 0 radical (unpaired) electrons. The van der Waals surface area contributed by atoms with Crippen molar-refractivity contribution in [1.29, 1.82) is 0 Å². The van der Waals surface area contributed by atoms with E-state index in [-0.39, 0.29) is 11.4 Å². The molecule has 3 rings (SSSR count). The maximum absolute atomic E-state index is 11.5. The summed E-state index contributed by atoms with van der Waals surface area (Å²) in [5.41, 5.74) is 13.9. The number of aromatic nitrogens is 1.